The molecule has 0 heterocycles. The first-order valence-corrected chi connectivity index (χ1v) is 8.55. The predicted octanol–water partition coefficient (Wildman–Crippen LogP) is 2.68. The molecule has 1 saturated carbocycles. The van der Waals surface area contributed by atoms with Crippen molar-refractivity contribution >= 4 is 6.09 Å². The van der Waals surface area contributed by atoms with Gasteiger partial charge < -0.3 is 20.5 Å². The Bertz CT molecular complexity index is 339. The number of aliphatic hydroxyl groups excluding tert-OH is 1. The van der Waals surface area contributed by atoms with Crippen molar-refractivity contribution in [2.75, 3.05) is 13.2 Å². The molecule has 130 valence electrons. The lowest BCUT2D eigenvalue weighted by atomic mass is 9.99. The summed E-state index contributed by atoms with van der Waals surface area (Å²) in [5, 5.41) is 16.0. The number of nitrogens with one attached hydrogen (secondary N) is 2. The topological polar surface area (TPSA) is 70.6 Å². The zero-order valence-corrected chi connectivity index (χ0v) is 14.8. The Labute approximate surface area is 135 Å². The van der Waals surface area contributed by atoms with E-state index in [0.717, 1.165) is 25.7 Å². The predicted molar refractivity (Wildman–Crippen MR) is 88.8 cm³/mol. The second-order valence-electron chi connectivity index (χ2n) is 7.86. The molecule has 0 bridgehead atoms. The van der Waals surface area contributed by atoms with Crippen LogP contribution in [0.5, 0.6) is 0 Å². The molecule has 0 aromatic carbocycles. The van der Waals surface area contributed by atoms with Crippen LogP contribution in [0.3, 0.4) is 0 Å². The van der Waals surface area contributed by atoms with Gasteiger partial charge in [0.1, 0.15) is 5.60 Å². The Morgan fingerprint density at radius 3 is 2.55 bits per heavy atom. The highest BCUT2D eigenvalue weighted by Crippen LogP contribution is 2.26. The van der Waals surface area contributed by atoms with Crippen molar-refractivity contribution in [2.45, 2.75) is 78.0 Å². The number of aliphatic hydroxyl groups is 1. The Balaban J connectivity index is 2.41. The van der Waals surface area contributed by atoms with Crippen LogP contribution in [-0.2, 0) is 4.74 Å². The molecule has 0 aromatic rings. The molecule has 3 atom stereocenters. The Hall–Kier alpha value is -0.810. The lowest BCUT2D eigenvalue weighted by Gasteiger charge is -2.28. The van der Waals surface area contributed by atoms with Gasteiger partial charge in [0.25, 0.3) is 0 Å². The van der Waals surface area contributed by atoms with Crippen molar-refractivity contribution in [2.24, 2.45) is 11.8 Å². The van der Waals surface area contributed by atoms with Crippen molar-refractivity contribution < 1.29 is 14.6 Å². The van der Waals surface area contributed by atoms with Gasteiger partial charge in [-0.3, -0.25) is 0 Å². The maximum absolute atomic E-state index is 11.8. The number of carbonyl (C=O) groups excluding carboxylic acids is 1. The fourth-order valence-electron chi connectivity index (χ4n) is 3.10. The second-order valence-corrected chi connectivity index (χ2v) is 7.86. The third kappa shape index (κ3) is 7.45. The molecule has 1 amide bonds. The molecule has 22 heavy (non-hydrogen) atoms. The standard InChI is InChI=1S/C17H34N2O3/c1-12(2)9-14(11-20)19-15-8-6-7-13(15)10-18-16(21)22-17(3,4)5/h12-15,19-20H,6-11H2,1-5H3,(H,18,21). The van der Waals surface area contributed by atoms with Crippen LogP contribution in [0, 0.1) is 11.8 Å². The van der Waals surface area contributed by atoms with E-state index in [0.29, 0.717) is 24.4 Å². The normalized spacial score (nSPS) is 23.6. The summed E-state index contributed by atoms with van der Waals surface area (Å²) in [6.07, 6.45) is 4.00. The maximum Gasteiger partial charge on any atom is 0.407 e. The molecule has 3 N–H and O–H groups in total. The van der Waals surface area contributed by atoms with Crippen molar-refractivity contribution in [3.05, 3.63) is 0 Å². The highest BCUT2D eigenvalue weighted by molar-refractivity contribution is 5.67. The number of amides is 1. The molecule has 5 nitrogen and oxygen atoms in total. The molecular weight excluding hydrogens is 280 g/mol. The van der Waals surface area contributed by atoms with Gasteiger partial charge in [-0.05, 0) is 51.9 Å². The molecule has 5 heteroatoms. The summed E-state index contributed by atoms with van der Waals surface area (Å²) in [5.41, 5.74) is -0.462. The third-order valence-corrected chi connectivity index (χ3v) is 3.99. The minimum absolute atomic E-state index is 0.145. The average Bonchev–Trinajstić information content (AvgIpc) is 2.80. The summed E-state index contributed by atoms with van der Waals surface area (Å²) in [6.45, 7) is 10.7. The van der Waals surface area contributed by atoms with Crippen LogP contribution >= 0.6 is 0 Å². The van der Waals surface area contributed by atoms with E-state index in [9.17, 15) is 9.90 Å². The van der Waals surface area contributed by atoms with Gasteiger partial charge >= 0.3 is 6.09 Å². The monoisotopic (exact) mass is 314 g/mol. The number of rotatable bonds is 7. The molecular formula is C17H34N2O3. The van der Waals surface area contributed by atoms with Gasteiger partial charge in [0.05, 0.1) is 6.61 Å². The molecule has 0 aliphatic heterocycles. The van der Waals surface area contributed by atoms with Gasteiger partial charge in [0.2, 0.25) is 0 Å². The van der Waals surface area contributed by atoms with Gasteiger partial charge in [0, 0.05) is 18.6 Å². The van der Waals surface area contributed by atoms with Crippen molar-refractivity contribution in [3.8, 4) is 0 Å². The van der Waals surface area contributed by atoms with Gasteiger partial charge in [-0.15, -0.1) is 0 Å². The number of hydrogen-bond acceptors (Lipinski definition) is 4. The van der Waals surface area contributed by atoms with Crippen molar-refractivity contribution in [3.63, 3.8) is 0 Å². The minimum Gasteiger partial charge on any atom is -0.444 e. The summed E-state index contributed by atoms with van der Waals surface area (Å²) in [7, 11) is 0. The number of carbonyl (C=O) groups is 1. The maximum atomic E-state index is 11.8. The van der Waals surface area contributed by atoms with Crippen LogP contribution in [-0.4, -0.2) is 42.0 Å². The van der Waals surface area contributed by atoms with Crippen LogP contribution in [0.1, 0.15) is 60.3 Å². The Morgan fingerprint density at radius 1 is 1.32 bits per heavy atom. The lowest BCUT2D eigenvalue weighted by molar-refractivity contribution is 0.0516. The van der Waals surface area contributed by atoms with Crippen molar-refractivity contribution in [1.82, 2.24) is 10.6 Å². The van der Waals surface area contributed by atoms with E-state index in [1.807, 2.05) is 20.8 Å². The largest absolute Gasteiger partial charge is 0.444 e. The van der Waals surface area contributed by atoms with E-state index in [1.54, 1.807) is 0 Å². The van der Waals surface area contributed by atoms with E-state index in [1.165, 1.54) is 0 Å². The summed E-state index contributed by atoms with van der Waals surface area (Å²) in [6, 6.07) is 0.512. The van der Waals surface area contributed by atoms with Crippen LogP contribution in [0.4, 0.5) is 4.79 Å². The fraction of sp³-hybridized carbons (Fsp3) is 0.941. The van der Waals surface area contributed by atoms with Gasteiger partial charge in [-0.25, -0.2) is 4.79 Å². The lowest BCUT2D eigenvalue weighted by Crippen LogP contribution is -2.46. The van der Waals surface area contributed by atoms with Gasteiger partial charge in [0.15, 0.2) is 0 Å². The zero-order chi connectivity index (χ0) is 16.8. The van der Waals surface area contributed by atoms with E-state index in [-0.39, 0.29) is 18.7 Å². The van der Waals surface area contributed by atoms with E-state index < -0.39 is 5.60 Å². The molecule has 1 aliphatic rings. The van der Waals surface area contributed by atoms with Crippen LogP contribution in [0.2, 0.25) is 0 Å². The fourth-order valence-corrected chi connectivity index (χ4v) is 3.10. The zero-order valence-electron chi connectivity index (χ0n) is 14.8. The van der Waals surface area contributed by atoms with Crippen LogP contribution < -0.4 is 10.6 Å². The molecule has 1 rings (SSSR count). The SMILES string of the molecule is CC(C)CC(CO)NC1CCCC1CNC(=O)OC(C)(C)C. The molecule has 0 saturated heterocycles. The molecule has 0 aromatic heterocycles. The smallest absolute Gasteiger partial charge is 0.407 e. The molecule has 1 aliphatic carbocycles. The van der Waals surface area contributed by atoms with E-state index in [4.69, 9.17) is 4.74 Å². The first kappa shape index (κ1) is 19.2. The van der Waals surface area contributed by atoms with Gasteiger partial charge in [-0.1, -0.05) is 20.3 Å². The minimum atomic E-state index is -0.462. The Kier molecular flexibility index (Phi) is 7.63. The van der Waals surface area contributed by atoms with Crippen LogP contribution in [0.15, 0.2) is 0 Å². The van der Waals surface area contributed by atoms with Crippen molar-refractivity contribution in [1.29, 1.82) is 0 Å². The van der Waals surface area contributed by atoms with E-state index >= 15 is 0 Å². The second kappa shape index (κ2) is 8.73. The summed E-state index contributed by atoms with van der Waals surface area (Å²) in [5.74, 6) is 0.970. The summed E-state index contributed by atoms with van der Waals surface area (Å²) in [4.78, 5) is 11.8. The average molecular weight is 314 g/mol. The third-order valence-electron chi connectivity index (χ3n) is 3.99. The number of ether oxygens (including phenoxy) is 1. The van der Waals surface area contributed by atoms with Crippen LogP contribution in [0.25, 0.3) is 0 Å². The Morgan fingerprint density at radius 2 is 2.00 bits per heavy atom. The quantitative estimate of drug-likeness (QED) is 0.676. The highest BCUT2D eigenvalue weighted by Gasteiger charge is 2.29. The molecule has 0 radical (unpaired) electrons. The summed E-state index contributed by atoms with van der Waals surface area (Å²) >= 11 is 0. The first-order valence-electron chi connectivity index (χ1n) is 8.55. The number of hydrogen-bond donors (Lipinski definition) is 3. The van der Waals surface area contributed by atoms with E-state index in [2.05, 4.69) is 24.5 Å². The summed E-state index contributed by atoms with van der Waals surface area (Å²) < 4.78 is 5.28. The number of alkyl carbamates (subject to hydrolysis) is 1. The molecule has 0 spiro atoms. The highest BCUT2D eigenvalue weighted by atomic mass is 16.6. The molecule has 1 fully saturated rings. The van der Waals surface area contributed by atoms with Gasteiger partial charge in [-0.2, -0.15) is 0 Å². The first-order chi connectivity index (χ1) is 10.2. The molecule has 3 unspecified atom stereocenters.